The number of nitrogens with zero attached hydrogens (tertiary/aromatic N) is 2. The van der Waals surface area contributed by atoms with E-state index in [-0.39, 0.29) is 17.4 Å². The van der Waals surface area contributed by atoms with E-state index < -0.39 is 0 Å². The van der Waals surface area contributed by atoms with Crippen LogP contribution in [0.1, 0.15) is 29.9 Å². The van der Waals surface area contributed by atoms with Crippen molar-refractivity contribution in [3.8, 4) is 11.6 Å². The molecule has 6 nitrogen and oxygen atoms in total. The number of ketones is 1. The van der Waals surface area contributed by atoms with Gasteiger partial charge in [-0.05, 0) is 32.9 Å². The standard InChI is InChI=1S/C15H17N3O3S/c1-4-16-12(20)8-22-15-13(10(3)19)9(2)17-14(18-15)11-6-5-7-21-11/h5-7H,4,8H2,1-3H3,(H,16,20). The van der Waals surface area contributed by atoms with Gasteiger partial charge in [-0.3, -0.25) is 9.59 Å². The molecule has 116 valence electrons. The molecule has 0 radical (unpaired) electrons. The van der Waals surface area contributed by atoms with Gasteiger partial charge in [-0.15, -0.1) is 0 Å². The van der Waals surface area contributed by atoms with Crippen LogP contribution >= 0.6 is 11.8 Å². The summed E-state index contributed by atoms with van der Waals surface area (Å²) in [6, 6.07) is 3.49. The third-order valence-electron chi connectivity index (χ3n) is 2.86. The summed E-state index contributed by atoms with van der Waals surface area (Å²) >= 11 is 1.22. The summed E-state index contributed by atoms with van der Waals surface area (Å²) in [5, 5.41) is 3.21. The van der Waals surface area contributed by atoms with Gasteiger partial charge < -0.3 is 9.73 Å². The molecular weight excluding hydrogens is 302 g/mol. The van der Waals surface area contributed by atoms with Gasteiger partial charge in [0, 0.05) is 6.54 Å². The summed E-state index contributed by atoms with van der Waals surface area (Å²) < 4.78 is 5.30. The predicted octanol–water partition coefficient (Wildman–Crippen LogP) is 2.48. The zero-order valence-electron chi connectivity index (χ0n) is 12.7. The molecule has 7 heteroatoms. The van der Waals surface area contributed by atoms with Crippen LogP contribution in [0.4, 0.5) is 0 Å². The van der Waals surface area contributed by atoms with E-state index in [9.17, 15) is 9.59 Å². The summed E-state index contributed by atoms with van der Waals surface area (Å²) in [6.45, 7) is 5.64. The number of carbonyl (C=O) groups excluding carboxylic acids is 2. The van der Waals surface area contributed by atoms with Crippen LogP contribution in [0.3, 0.4) is 0 Å². The lowest BCUT2D eigenvalue weighted by molar-refractivity contribution is -0.118. The van der Waals surface area contributed by atoms with Crippen molar-refractivity contribution in [1.82, 2.24) is 15.3 Å². The van der Waals surface area contributed by atoms with E-state index in [4.69, 9.17) is 4.42 Å². The quantitative estimate of drug-likeness (QED) is 0.500. The summed E-state index contributed by atoms with van der Waals surface area (Å²) in [5.41, 5.74) is 1.02. The number of nitrogens with one attached hydrogen (secondary N) is 1. The Hall–Kier alpha value is -2.15. The maximum absolute atomic E-state index is 11.8. The summed E-state index contributed by atoms with van der Waals surface area (Å²) in [5.74, 6) is 0.908. The highest BCUT2D eigenvalue weighted by Crippen LogP contribution is 2.26. The summed E-state index contributed by atoms with van der Waals surface area (Å²) in [6.07, 6.45) is 1.54. The molecule has 0 aliphatic carbocycles. The molecule has 2 aromatic heterocycles. The number of rotatable bonds is 6. The fourth-order valence-electron chi connectivity index (χ4n) is 1.95. The van der Waals surface area contributed by atoms with Crippen LogP contribution in [0, 0.1) is 6.92 Å². The van der Waals surface area contributed by atoms with Gasteiger partial charge in [-0.25, -0.2) is 9.97 Å². The highest BCUT2D eigenvalue weighted by atomic mass is 32.2. The number of amides is 1. The lowest BCUT2D eigenvalue weighted by atomic mass is 10.2. The molecule has 2 heterocycles. The van der Waals surface area contributed by atoms with E-state index in [1.807, 2.05) is 6.92 Å². The number of furan rings is 1. The van der Waals surface area contributed by atoms with Crippen LogP contribution in [0.5, 0.6) is 0 Å². The molecule has 1 amide bonds. The number of aryl methyl sites for hydroxylation is 1. The lowest BCUT2D eigenvalue weighted by Gasteiger charge is -2.10. The SMILES string of the molecule is CCNC(=O)CSc1nc(-c2ccco2)nc(C)c1C(C)=O. The maximum atomic E-state index is 11.8. The van der Waals surface area contributed by atoms with E-state index in [1.54, 1.807) is 19.1 Å². The number of hydrogen-bond donors (Lipinski definition) is 1. The molecule has 0 bridgehead atoms. The molecule has 0 atom stereocenters. The van der Waals surface area contributed by atoms with E-state index in [1.165, 1.54) is 24.9 Å². The molecule has 0 spiro atoms. The number of Topliss-reactive ketones (excluding diaryl/α,β-unsaturated/α-hetero) is 1. The van der Waals surface area contributed by atoms with Crippen molar-refractivity contribution in [3.05, 3.63) is 29.7 Å². The van der Waals surface area contributed by atoms with Crippen molar-refractivity contribution in [2.24, 2.45) is 0 Å². The van der Waals surface area contributed by atoms with Crippen LogP contribution in [-0.2, 0) is 4.79 Å². The lowest BCUT2D eigenvalue weighted by Crippen LogP contribution is -2.24. The second-order valence-electron chi connectivity index (χ2n) is 4.59. The average Bonchev–Trinajstić information content (AvgIpc) is 2.98. The van der Waals surface area contributed by atoms with Crippen molar-refractivity contribution in [3.63, 3.8) is 0 Å². The first-order valence-electron chi connectivity index (χ1n) is 6.85. The molecule has 2 rings (SSSR count). The molecule has 0 fully saturated rings. The molecule has 0 saturated heterocycles. The van der Waals surface area contributed by atoms with E-state index >= 15 is 0 Å². The molecular formula is C15H17N3O3S. The van der Waals surface area contributed by atoms with Gasteiger partial charge in [0.05, 0.1) is 23.3 Å². The van der Waals surface area contributed by atoms with Crippen LogP contribution in [0.15, 0.2) is 27.8 Å². The number of carbonyl (C=O) groups is 2. The molecule has 0 aliphatic rings. The van der Waals surface area contributed by atoms with E-state index in [0.29, 0.717) is 34.4 Å². The Morgan fingerprint density at radius 1 is 1.36 bits per heavy atom. The smallest absolute Gasteiger partial charge is 0.230 e. The second kappa shape index (κ2) is 7.22. The topological polar surface area (TPSA) is 85.1 Å². The van der Waals surface area contributed by atoms with Crippen LogP contribution in [0.2, 0.25) is 0 Å². The predicted molar refractivity (Wildman–Crippen MR) is 83.9 cm³/mol. The first-order valence-corrected chi connectivity index (χ1v) is 7.84. The molecule has 0 aromatic carbocycles. The van der Waals surface area contributed by atoms with Gasteiger partial charge in [0.2, 0.25) is 5.91 Å². The fraction of sp³-hybridized carbons (Fsp3) is 0.333. The van der Waals surface area contributed by atoms with Gasteiger partial charge in [-0.2, -0.15) is 0 Å². The summed E-state index contributed by atoms with van der Waals surface area (Å²) in [4.78, 5) is 32.2. The average molecular weight is 319 g/mol. The molecule has 2 aromatic rings. The third kappa shape index (κ3) is 3.73. The monoisotopic (exact) mass is 319 g/mol. The fourth-order valence-corrected chi connectivity index (χ4v) is 2.91. The molecule has 0 unspecified atom stereocenters. The third-order valence-corrected chi connectivity index (χ3v) is 3.84. The number of hydrogen-bond acceptors (Lipinski definition) is 6. The van der Waals surface area contributed by atoms with Crippen molar-refractivity contribution in [2.75, 3.05) is 12.3 Å². The molecule has 0 saturated carbocycles. The highest BCUT2D eigenvalue weighted by molar-refractivity contribution is 8.00. The van der Waals surface area contributed by atoms with Crippen molar-refractivity contribution in [2.45, 2.75) is 25.8 Å². The normalized spacial score (nSPS) is 10.5. The minimum Gasteiger partial charge on any atom is -0.461 e. The first-order chi connectivity index (χ1) is 10.5. The largest absolute Gasteiger partial charge is 0.461 e. The Bertz CT molecular complexity index is 684. The van der Waals surface area contributed by atoms with Crippen molar-refractivity contribution in [1.29, 1.82) is 0 Å². The van der Waals surface area contributed by atoms with Gasteiger partial charge >= 0.3 is 0 Å². The Balaban J connectivity index is 2.35. The minimum atomic E-state index is -0.123. The zero-order valence-corrected chi connectivity index (χ0v) is 13.5. The highest BCUT2D eigenvalue weighted by Gasteiger charge is 2.18. The maximum Gasteiger partial charge on any atom is 0.230 e. The van der Waals surface area contributed by atoms with Crippen LogP contribution in [-0.4, -0.2) is 34.0 Å². The Morgan fingerprint density at radius 3 is 2.73 bits per heavy atom. The van der Waals surface area contributed by atoms with Crippen molar-refractivity contribution < 1.29 is 14.0 Å². The summed E-state index contributed by atoms with van der Waals surface area (Å²) in [7, 11) is 0. The second-order valence-corrected chi connectivity index (χ2v) is 5.55. The Morgan fingerprint density at radius 2 is 2.14 bits per heavy atom. The Labute approximate surface area is 132 Å². The first kappa shape index (κ1) is 16.2. The van der Waals surface area contributed by atoms with Gasteiger partial charge in [0.15, 0.2) is 17.4 Å². The molecule has 0 aliphatic heterocycles. The van der Waals surface area contributed by atoms with E-state index in [0.717, 1.165) is 0 Å². The number of thioether (sulfide) groups is 1. The van der Waals surface area contributed by atoms with Gasteiger partial charge in [0.1, 0.15) is 5.03 Å². The molecule has 1 N–H and O–H groups in total. The number of aromatic nitrogens is 2. The zero-order chi connectivity index (χ0) is 16.1. The Kier molecular flexibility index (Phi) is 5.32. The van der Waals surface area contributed by atoms with Gasteiger partial charge in [0.25, 0.3) is 0 Å². The van der Waals surface area contributed by atoms with Gasteiger partial charge in [-0.1, -0.05) is 11.8 Å². The minimum absolute atomic E-state index is 0.0992. The van der Waals surface area contributed by atoms with Crippen LogP contribution < -0.4 is 5.32 Å². The van der Waals surface area contributed by atoms with E-state index in [2.05, 4.69) is 15.3 Å². The van der Waals surface area contributed by atoms with Crippen molar-refractivity contribution >= 4 is 23.5 Å². The van der Waals surface area contributed by atoms with Crippen LogP contribution in [0.25, 0.3) is 11.6 Å². The molecule has 22 heavy (non-hydrogen) atoms.